The first kappa shape index (κ1) is 22.9. The first-order valence-corrected chi connectivity index (χ1v) is 12.7. The van der Waals surface area contributed by atoms with Crippen LogP contribution in [0.3, 0.4) is 0 Å². The molecule has 0 amide bonds. The Morgan fingerprint density at radius 2 is 1.53 bits per heavy atom. The zero-order valence-electron chi connectivity index (χ0n) is 19.7. The van der Waals surface area contributed by atoms with Gasteiger partial charge in [-0.05, 0) is 34.7 Å². The maximum atomic E-state index is 13.4. The van der Waals surface area contributed by atoms with Crippen LogP contribution < -0.4 is 9.80 Å². The molecule has 11 heteroatoms. The average molecular weight is 463 g/mol. The molecule has 32 heavy (non-hydrogen) atoms. The molecule has 2 aliphatic rings. The van der Waals surface area contributed by atoms with Gasteiger partial charge in [-0.25, -0.2) is 13.4 Å². The van der Waals surface area contributed by atoms with E-state index in [-0.39, 0.29) is 0 Å². The van der Waals surface area contributed by atoms with Crippen molar-refractivity contribution in [1.82, 2.24) is 29.0 Å². The number of nitrogens with zero attached hydrogens (tertiary/aromatic N) is 8. The van der Waals surface area contributed by atoms with Crippen molar-refractivity contribution in [2.24, 2.45) is 0 Å². The van der Waals surface area contributed by atoms with Gasteiger partial charge in [0.25, 0.3) is 0 Å². The van der Waals surface area contributed by atoms with E-state index in [1.54, 1.807) is 15.9 Å². The Bertz CT molecular complexity index is 1070. The van der Waals surface area contributed by atoms with Crippen LogP contribution in [0.1, 0.15) is 24.0 Å². The molecule has 10 nitrogen and oxygen atoms in total. The van der Waals surface area contributed by atoms with Crippen LogP contribution in [0.2, 0.25) is 0 Å². The number of aryl methyl sites for hydroxylation is 3. The molecule has 0 saturated carbocycles. The van der Waals surface area contributed by atoms with Gasteiger partial charge >= 0.3 is 0 Å². The molecule has 2 fully saturated rings. The molecular formula is C21H34N8O2S. The molecular weight excluding hydrogens is 428 g/mol. The van der Waals surface area contributed by atoms with Crippen LogP contribution in [0, 0.1) is 20.8 Å². The highest BCUT2D eigenvalue weighted by atomic mass is 32.2. The topological polar surface area (TPSA) is 90.7 Å². The summed E-state index contributed by atoms with van der Waals surface area (Å²) in [5.74, 6) is 1.64. The van der Waals surface area contributed by atoms with E-state index in [1.807, 2.05) is 26.8 Å². The molecule has 2 aromatic heterocycles. The van der Waals surface area contributed by atoms with Crippen molar-refractivity contribution in [3.63, 3.8) is 0 Å². The van der Waals surface area contributed by atoms with Crippen LogP contribution >= 0.6 is 0 Å². The van der Waals surface area contributed by atoms with E-state index in [9.17, 15) is 8.42 Å². The van der Waals surface area contributed by atoms with Gasteiger partial charge in [0.05, 0.1) is 11.4 Å². The lowest BCUT2D eigenvalue weighted by atomic mass is 10.3. The van der Waals surface area contributed by atoms with Crippen molar-refractivity contribution in [3.05, 3.63) is 23.1 Å². The summed E-state index contributed by atoms with van der Waals surface area (Å²) in [5, 5.41) is 4.39. The predicted octanol–water partition coefficient (Wildman–Crippen LogP) is 0.881. The Morgan fingerprint density at radius 1 is 0.906 bits per heavy atom. The third-order valence-electron chi connectivity index (χ3n) is 6.39. The van der Waals surface area contributed by atoms with Crippen LogP contribution in [0.25, 0.3) is 0 Å². The third kappa shape index (κ3) is 4.33. The monoisotopic (exact) mass is 462 g/mol. The molecule has 0 radical (unpaired) electrons. The van der Waals surface area contributed by atoms with Gasteiger partial charge in [-0.3, -0.25) is 4.68 Å². The summed E-state index contributed by atoms with van der Waals surface area (Å²) in [6.07, 6.45) is 0. The lowest BCUT2D eigenvalue weighted by molar-refractivity contribution is 0.312. The zero-order valence-corrected chi connectivity index (χ0v) is 20.6. The van der Waals surface area contributed by atoms with Gasteiger partial charge in [0.2, 0.25) is 16.0 Å². The lowest BCUT2D eigenvalue weighted by Crippen LogP contribution is -2.49. The highest BCUT2D eigenvalue weighted by Crippen LogP contribution is 2.26. The van der Waals surface area contributed by atoms with Crippen LogP contribution in [0.4, 0.5) is 11.8 Å². The summed E-state index contributed by atoms with van der Waals surface area (Å²) < 4.78 is 30.0. The number of rotatable bonds is 5. The molecule has 4 rings (SSSR count). The molecule has 2 aromatic rings. The minimum absolute atomic E-state index is 0.344. The number of hydrogen-bond donors (Lipinski definition) is 0. The molecule has 2 saturated heterocycles. The molecule has 2 aliphatic heterocycles. The lowest BCUT2D eigenvalue weighted by Gasteiger charge is -2.36. The number of hydrogen-bond acceptors (Lipinski definition) is 8. The fraction of sp³-hybridized carbons (Fsp3) is 0.667. The van der Waals surface area contributed by atoms with E-state index in [0.29, 0.717) is 55.0 Å². The fourth-order valence-corrected chi connectivity index (χ4v) is 6.29. The minimum atomic E-state index is -3.59. The highest BCUT2D eigenvalue weighted by Gasteiger charge is 2.33. The van der Waals surface area contributed by atoms with Crippen molar-refractivity contribution < 1.29 is 8.42 Å². The quantitative estimate of drug-likeness (QED) is 0.647. The summed E-state index contributed by atoms with van der Waals surface area (Å²) >= 11 is 0. The standard InChI is InChI=1S/C21H34N8O2S/c1-6-29-18(4)20(17(3)24-29)32(30,31)28-13-11-27(12-14-28)21-22-16(2)15-19(23-21)26-9-7-25(5)8-10-26/h15H,6-14H2,1-5H3. The number of sulfonamides is 1. The van der Waals surface area contributed by atoms with E-state index in [0.717, 1.165) is 37.7 Å². The molecule has 4 heterocycles. The first-order chi connectivity index (χ1) is 15.2. The van der Waals surface area contributed by atoms with Gasteiger partial charge in [0.1, 0.15) is 10.7 Å². The van der Waals surface area contributed by atoms with Crippen LogP contribution in [-0.2, 0) is 16.6 Å². The normalized spacial score (nSPS) is 19.0. The minimum Gasteiger partial charge on any atom is -0.354 e. The third-order valence-corrected chi connectivity index (χ3v) is 8.54. The number of likely N-dealkylation sites (N-methyl/N-ethyl adjacent to an activating group) is 1. The fourth-order valence-electron chi connectivity index (χ4n) is 4.49. The van der Waals surface area contributed by atoms with E-state index in [1.165, 1.54) is 0 Å². The van der Waals surface area contributed by atoms with Crippen molar-refractivity contribution in [3.8, 4) is 0 Å². The Balaban J connectivity index is 1.49. The molecule has 0 atom stereocenters. The molecule has 0 aliphatic carbocycles. The van der Waals surface area contributed by atoms with E-state index in [2.05, 4.69) is 31.8 Å². The van der Waals surface area contributed by atoms with Gasteiger partial charge in [0, 0.05) is 70.7 Å². The SMILES string of the molecule is CCn1nc(C)c(S(=O)(=O)N2CCN(c3nc(C)cc(N4CCN(C)CC4)n3)CC2)c1C. The summed E-state index contributed by atoms with van der Waals surface area (Å²) in [6.45, 7) is 14.0. The molecule has 0 aromatic carbocycles. The number of anilines is 2. The maximum Gasteiger partial charge on any atom is 0.246 e. The smallest absolute Gasteiger partial charge is 0.246 e. The Morgan fingerprint density at radius 3 is 2.12 bits per heavy atom. The number of aromatic nitrogens is 4. The second-order valence-corrected chi connectivity index (χ2v) is 10.5. The number of piperazine rings is 2. The molecule has 0 spiro atoms. The maximum absolute atomic E-state index is 13.4. The van der Waals surface area contributed by atoms with E-state index >= 15 is 0 Å². The van der Waals surface area contributed by atoms with Gasteiger partial charge in [-0.15, -0.1) is 0 Å². The Hall–Kier alpha value is -2.24. The molecule has 0 unspecified atom stereocenters. The van der Waals surface area contributed by atoms with Crippen molar-refractivity contribution in [1.29, 1.82) is 0 Å². The van der Waals surface area contributed by atoms with Gasteiger partial charge < -0.3 is 14.7 Å². The zero-order chi connectivity index (χ0) is 23.0. The van der Waals surface area contributed by atoms with Crippen molar-refractivity contribution in [2.45, 2.75) is 39.1 Å². The first-order valence-electron chi connectivity index (χ1n) is 11.3. The highest BCUT2D eigenvalue weighted by molar-refractivity contribution is 7.89. The second-order valence-electron chi connectivity index (χ2n) is 8.66. The van der Waals surface area contributed by atoms with E-state index < -0.39 is 10.0 Å². The molecule has 0 bridgehead atoms. The summed E-state index contributed by atoms with van der Waals surface area (Å²) in [6, 6.07) is 2.03. The van der Waals surface area contributed by atoms with E-state index in [4.69, 9.17) is 4.98 Å². The Kier molecular flexibility index (Phi) is 6.42. The molecule has 0 N–H and O–H groups in total. The summed E-state index contributed by atoms with van der Waals surface area (Å²) in [5.41, 5.74) is 2.19. The van der Waals surface area contributed by atoms with Gasteiger partial charge in [-0.2, -0.15) is 14.4 Å². The molecule has 176 valence electrons. The predicted molar refractivity (Wildman–Crippen MR) is 125 cm³/mol. The largest absolute Gasteiger partial charge is 0.354 e. The second kappa shape index (κ2) is 8.95. The Labute approximate surface area is 190 Å². The van der Waals surface area contributed by atoms with Crippen molar-refractivity contribution in [2.75, 3.05) is 69.2 Å². The van der Waals surface area contributed by atoms with Gasteiger partial charge in [0.15, 0.2) is 0 Å². The van der Waals surface area contributed by atoms with Gasteiger partial charge in [-0.1, -0.05) is 0 Å². The average Bonchev–Trinajstić information content (AvgIpc) is 3.07. The van der Waals surface area contributed by atoms with Crippen molar-refractivity contribution >= 4 is 21.8 Å². The van der Waals surface area contributed by atoms with Crippen LogP contribution in [0.5, 0.6) is 0 Å². The summed E-state index contributed by atoms with van der Waals surface area (Å²) in [7, 11) is -1.45. The van der Waals surface area contributed by atoms with Crippen LogP contribution in [0.15, 0.2) is 11.0 Å². The summed E-state index contributed by atoms with van der Waals surface area (Å²) in [4.78, 5) is 16.5. The van der Waals surface area contributed by atoms with Crippen LogP contribution in [-0.4, -0.2) is 96.8 Å².